The van der Waals surface area contributed by atoms with Crippen LogP contribution in [0.4, 0.5) is 0 Å². The van der Waals surface area contributed by atoms with Gasteiger partial charge in [-0.2, -0.15) is 0 Å². The summed E-state index contributed by atoms with van der Waals surface area (Å²) in [5.74, 6) is -1.20. The maximum Gasteiger partial charge on any atom is 0.317 e. The molecule has 2 aromatic rings. The van der Waals surface area contributed by atoms with Crippen LogP contribution in [-0.2, 0) is 9.53 Å². The summed E-state index contributed by atoms with van der Waals surface area (Å²) in [5.41, 5.74) is 3.01. The predicted octanol–water partition coefficient (Wildman–Crippen LogP) is 3.88. The normalized spacial score (nSPS) is 18.8. The van der Waals surface area contributed by atoms with Crippen LogP contribution in [0.3, 0.4) is 0 Å². The minimum absolute atomic E-state index is 0.278. The van der Waals surface area contributed by atoms with Crippen LogP contribution in [0.15, 0.2) is 48.0 Å². The van der Waals surface area contributed by atoms with E-state index in [1.165, 1.54) is 21.3 Å². The number of methoxy groups -OCH3 is 3. The first kappa shape index (κ1) is 18.7. The van der Waals surface area contributed by atoms with E-state index in [4.69, 9.17) is 14.2 Å². The van der Waals surface area contributed by atoms with Crippen LogP contribution < -0.4 is 9.47 Å². The molecule has 3 rings (SSSR count). The second-order valence-corrected chi connectivity index (χ2v) is 6.43. The van der Waals surface area contributed by atoms with Crippen molar-refractivity contribution >= 4 is 17.8 Å². The van der Waals surface area contributed by atoms with Crippen molar-refractivity contribution in [1.82, 2.24) is 0 Å². The minimum Gasteiger partial charge on any atom is -0.497 e. The van der Waals surface area contributed by atoms with Gasteiger partial charge < -0.3 is 14.2 Å². The molecule has 0 saturated heterocycles. The molecule has 0 bridgehead atoms. The van der Waals surface area contributed by atoms with Gasteiger partial charge in [-0.05, 0) is 18.6 Å². The number of hydrogen-bond acceptors (Lipinski definition) is 5. The number of hydrogen-bond donors (Lipinski definition) is 0. The van der Waals surface area contributed by atoms with E-state index in [2.05, 4.69) is 0 Å². The number of benzene rings is 2. The summed E-state index contributed by atoms with van der Waals surface area (Å²) in [6.45, 7) is 1.92. The zero-order valence-corrected chi connectivity index (χ0v) is 15.8. The SMILES string of the molecule is COC(=O)[C@H]1C(=O)c2cc(OC)cc(OC)c2[C@@H]1/C(C)=C/c1ccccc1. The number of esters is 1. The molecule has 0 aromatic heterocycles. The van der Waals surface area contributed by atoms with Crippen LogP contribution in [0.5, 0.6) is 11.5 Å². The molecule has 0 N–H and O–H groups in total. The van der Waals surface area contributed by atoms with E-state index in [1.54, 1.807) is 12.1 Å². The summed E-state index contributed by atoms with van der Waals surface area (Å²) in [6, 6.07) is 13.2. The minimum atomic E-state index is -0.939. The van der Waals surface area contributed by atoms with Crippen molar-refractivity contribution in [2.75, 3.05) is 21.3 Å². The van der Waals surface area contributed by atoms with E-state index in [0.29, 0.717) is 22.6 Å². The lowest BCUT2D eigenvalue weighted by atomic mass is 9.84. The predicted molar refractivity (Wildman–Crippen MR) is 102 cm³/mol. The molecular formula is C22H22O5. The number of Topliss-reactive ketones (excluding diaryl/α,β-unsaturated/α-hetero) is 1. The molecule has 0 amide bonds. The van der Waals surface area contributed by atoms with Crippen LogP contribution in [0, 0.1) is 5.92 Å². The van der Waals surface area contributed by atoms with Crippen molar-refractivity contribution in [3.63, 3.8) is 0 Å². The Morgan fingerprint density at radius 2 is 1.70 bits per heavy atom. The van der Waals surface area contributed by atoms with Gasteiger partial charge in [-0.15, -0.1) is 0 Å². The van der Waals surface area contributed by atoms with E-state index in [9.17, 15) is 9.59 Å². The van der Waals surface area contributed by atoms with Crippen LogP contribution in [0.25, 0.3) is 6.08 Å². The van der Waals surface area contributed by atoms with Crippen LogP contribution >= 0.6 is 0 Å². The lowest BCUT2D eigenvalue weighted by molar-refractivity contribution is -0.143. The summed E-state index contributed by atoms with van der Waals surface area (Å²) < 4.78 is 15.7. The number of fused-ring (bicyclic) bond motifs is 1. The highest BCUT2D eigenvalue weighted by Gasteiger charge is 2.47. The molecule has 0 spiro atoms. The zero-order chi connectivity index (χ0) is 19.6. The molecule has 0 radical (unpaired) electrons. The third-order valence-electron chi connectivity index (χ3n) is 4.90. The summed E-state index contributed by atoms with van der Waals surface area (Å²) in [5, 5.41) is 0. The van der Waals surface area contributed by atoms with Crippen molar-refractivity contribution in [3.05, 3.63) is 64.7 Å². The van der Waals surface area contributed by atoms with Gasteiger partial charge in [0.2, 0.25) is 0 Å². The molecule has 0 saturated carbocycles. The fourth-order valence-electron chi connectivity index (χ4n) is 3.66. The van der Waals surface area contributed by atoms with Crippen molar-refractivity contribution in [2.45, 2.75) is 12.8 Å². The van der Waals surface area contributed by atoms with E-state index >= 15 is 0 Å². The maximum absolute atomic E-state index is 13.1. The molecule has 0 unspecified atom stereocenters. The summed E-state index contributed by atoms with van der Waals surface area (Å²) in [7, 11) is 4.36. The van der Waals surface area contributed by atoms with Gasteiger partial charge in [-0.1, -0.05) is 42.0 Å². The van der Waals surface area contributed by atoms with E-state index < -0.39 is 17.8 Å². The second kappa shape index (κ2) is 7.66. The topological polar surface area (TPSA) is 61.8 Å². The number of ether oxygens (including phenoxy) is 3. The third-order valence-corrected chi connectivity index (χ3v) is 4.90. The molecule has 140 valence electrons. The van der Waals surface area contributed by atoms with Crippen LogP contribution in [-0.4, -0.2) is 33.1 Å². The average Bonchev–Trinajstić information content (AvgIpc) is 3.00. The molecule has 27 heavy (non-hydrogen) atoms. The van der Waals surface area contributed by atoms with Crippen molar-refractivity contribution in [1.29, 1.82) is 0 Å². The Hall–Kier alpha value is -3.08. The highest BCUT2D eigenvalue weighted by molar-refractivity contribution is 6.14. The second-order valence-electron chi connectivity index (χ2n) is 6.43. The van der Waals surface area contributed by atoms with Crippen molar-refractivity contribution in [2.24, 2.45) is 5.92 Å². The Morgan fingerprint density at radius 1 is 1.00 bits per heavy atom. The van der Waals surface area contributed by atoms with E-state index in [1.807, 2.05) is 43.3 Å². The number of rotatable bonds is 5. The van der Waals surface area contributed by atoms with Crippen LogP contribution in [0.2, 0.25) is 0 Å². The van der Waals surface area contributed by atoms with Gasteiger partial charge in [-0.3, -0.25) is 9.59 Å². The molecule has 0 aliphatic heterocycles. The molecule has 2 atom stereocenters. The Bertz CT molecular complexity index is 898. The Morgan fingerprint density at radius 3 is 2.30 bits per heavy atom. The fourth-order valence-corrected chi connectivity index (χ4v) is 3.66. The number of ketones is 1. The lowest BCUT2D eigenvalue weighted by Gasteiger charge is -2.20. The fraction of sp³-hybridized carbons (Fsp3) is 0.273. The number of carbonyl (C=O) groups excluding carboxylic acids is 2. The van der Waals surface area contributed by atoms with Gasteiger partial charge >= 0.3 is 5.97 Å². The lowest BCUT2D eigenvalue weighted by Crippen LogP contribution is -2.26. The van der Waals surface area contributed by atoms with Gasteiger partial charge in [0.15, 0.2) is 5.78 Å². The maximum atomic E-state index is 13.1. The first-order valence-electron chi connectivity index (χ1n) is 8.63. The summed E-state index contributed by atoms with van der Waals surface area (Å²) in [6.07, 6.45) is 1.98. The van der Waals surface area contributed by atoms with E-state index in [-0.39, 0.29) is 5.78 Å². The highest BCUT2D eigenvalue weighted by atomic mass is 16.5. The largest absolute Gasteiger partial charge is 0.497 e. The third kappa shape index (κ3) is 3.33. The molecule has 0 heterocycles. The highest BCUT2D eigenvalue weighted by Crippen LogP contribution is 2.49. The Labute approximate surface area is 158 Å². The summed E-state index contributed by atoms with van der Waals surface area (Å²) >= 11 is 0. The molecule has 1 aliphatic carbocycles. The number of allylic oxidation sites excluding steroid dienone is 1. The smallest absolute Gasteiger partial charge is 0.317 e. The molecular weight excluding hydrogens is 344 g/mol. The average molecular weight is 366 g/mol. The molecule has 0 fully saturated rings. The Balaban J connectivity index is 2.20. The quantitative estimate of drug-likeness (QED) is 0.594. The Kier molecular flexibility index (Phi) is 5.31. The molecule has 5 nitrogen and oxygen atoms in total. The van der Waals surface area contributed by atoms with Gasteiger partial charge in [0.25, 0.3) is 0 Å². The molecule has 1 aliphatic rings. The van der Waals surface area contributed by atoms with Crippen molar-refractivity contribution in [3.8, 4) is 11.5 Å². The van der Waals surface area contributed by atoms with Gasteiger partial charge in [0, 0.05) is 23.1 Å². The van der Waals surface area contributed by atoms with Crippen LogP contribution in [0.1, 0.15) is 34.3 Å². The zero-order valence-electron chi connectivity index (χ0n) is 15.8. The summed E-state index contributed by atoms with van der Waals surface area (Å²) in [4.78, 5) is 25.5. The first-order chi connectivity index (χ1) is 13.0. The first-order valence-corrected chi connectivity index (χ1v) is 8.63. The van der Waals surface area contributed by atoms with Gasteiger partial charge in [0.1, 0.15) is 17.4 Å². The van der Waals surface area contributed by atoms with Gasteiger partial charge in [0.05, 0.1) is 21.3 Å². The van der Waals surface area contributed by atoms with E-state index in [0.717, 1.165) is 11.1 Å². The molecule has 5 heteroatoms. The van der Waals surface area contributed by atoms with Crippen molar-refractivity contribution < 1.29 is 23.8 Å². The number of carbonyl (C=O) groups is 2. The standard InChI is InChI=1S/C22H22O5/c1-13(10-14-8-6-5-7-9-14)18-19-16(21(23)20(18)22(24)27-4)11-15(25-2)12-17(19)26-3/h5-12,18,20H,1-4H3/b13-10+/t18-,20+/m0/s1. The van der Waals surface area contributed by atoms with Gasteiger partial charge in [-0.25, -0.2) is 0 Å². The monoisotopic (exact) mass is 366 g/mol. The molecule has 2 aromatic carbocycles.